The van der Waals surface area contributed by atoms with Crippen molar-refractivity contribution in [3.63, 3.8) is 0 Å². The third-order valence-corrected chi connectivity index (χ3v) is 3.37. The largest absolute Gasteiger partial charge is 0.481 e. The van der Waals surface area contributed by atoms with Gasteiger partial charge in [0.15, 0.2) is 0 Å². The molecule has 2 aromatic rings. The minimum Gasteiger partial charge on any atom is -0.481 e. The van der Waals surface area contributed by atoms with E-state index in [0.29, 0.717) is 17.1 Å². The molecular formula is C16H16N4O3. The summed E-state index contributed by atoms with van der Waals surface area (Å²) < 4.78 is 4.96. The van der Waals surface area contributed by atoms with Crippen molar-refractivity contribution in [3.8, 4) is 5.88 Å². The van der Waals surface area contributed by atoms with Crippen LogP contribution in [0.1, 0.15) is 33.7 Å². The number of nitrogens with zero attached hydrogens (tertiary/aromatic N) is 2. The number of anilines is 1. The molecule has 7 nitrogen and oxygen atoms in total. The second-order valence-electron chi connectivity index (χ2n) is 5.22. The van der Waals surface area contributed by atoms with Gasteiger partial charge < -0.3 is 15.4 Å². The van der Waals surface area contributed by atoms with Gasteiger partial charge in [-0.3, -0.25) is 14.6 Å². The average Bonchev–Trinajstić information content (AvgIpc) is 3.39. The maximum absolute atomic E-state index is 12.2. The zero-order valence-electron chi connectivity index (χ0n) is 12.6. The van der Waals surface area contributed by atoms with E-state index in [1.54, 1.807) is 18.2 Å². The smallest absolute Gasteiger partial charge is 0.270 e. The van der Waals surface area contributed by atoms with Crippen LogP contribution in [0.15, 0.2) is 36.7 Å². The number of aromatic nitrogens is 2. The highest BCUT2D eigenvalue weighted by Gasteiger charge is 2.24. The molecule has 0 atom stereocenters. The Morgan fingerprint density at radius 1 is 1.17 bits per heavy atom. The zero-order chi connectivity index (χ0) is 16.2. The average molecular weight is 312 g/mol. The van der Waals surface area contributed by atoms with E-state index >= 15 is 0 Å². The van der Waals surface area contributed by atoms with Gasteiger partial charge in [0.1, 0.15) is 5.69 Å². The number of nitrogens with one attached hydrogen (secondary N) is 2. The number of ether oxygens (including phenoxy) is 1. The molecule has 118 valence electrons. The maximum atomic E-state index is 12.2. The van der Waals surface area contributed by atoms with Crippen LogP contribution < -0.4 is 15.4 Å². The highest BCUT2D eigenvalue weighted by molar-refractivity contribution is 6.05. The summed E-state index contributed by atoms with van der Waals surface area (Å²) in [6.07, 6.45) is 4.94. The first-order valence-corrected chi connectivity index (χ1v) is 7.24. The van der Waals surface area contributed by atoms with E-state index in [2.05, 4.69) is 20.6 Å². The Balaban J connectivity index is 1.69. The zero-order valence-corrected chi connectivity index (χ0v) is 12.6. The summed E-state index contributed by atoms with van der Waals surface area (Å²) >= 11 is 0. The summed E-state index contributed by atoms with van der Waals surface area (Å²) in [6.45, 7) is 0. The molecule has 0 aliphatic heterocycles. The van der Waals surface area contributed by atoms with Gasteiger partial charge in [0.25, 0.3) is 11.8 Å². The minimum atomic E-state index is -0.333. The molecule has 0 radical (unpaired) electrons. The molecular weight excluding hydrogens is 296 g/mol. The summed E-state index contributed by atoms with van der Waals surface area (Å²) in [5.74, 6) is -0.126. The van der Waals surface area contributed by atoms with E-state index in [4.69, 9.17) is 4.74 Å². The summed E-state index contributed by atoms with van der Waals surface area (Å²) in [4.78, 5) is 32.2. The van der Waals surface area contributed by atoms with Crippen LogP contribution in [0.25, 0.3) is 0 Å². The van der Waals surface area contributed by atoms with Crippen LogP contribution in [0.2, 0.25) is 0 Å². The highest BCUT2D eigenvalue weighted by Crippen LogP contribution is 2.19. The number of pyridine rings is 2. The Bertz CT molecular complexity index is 726. The molecule has 2 amide bonds. The van der Waals surface area contributed by atoms with Crippen LogP contribution in [-0.4, -0.2) is 34.9 Å². The topological polar surface area (TPSA) is 93.2 Å². The fourth-order valence-electron chi connectivity index (χ4n) is 1.96. The summed E-state index contributed by atoms with van der Waals surface area (Å²) in [7, 11) is 1.52. The second kappa shape index (κ2) is 6.43. The van der Waals surface area contributed by atoms with Gasteiger partial charge in [-0.05, 0) is 31.0 Å². The minimum absolute atomic E-state index is 0.234. The Kier molecular flexibility index (Phi) is 4.18. The predicted molar refractivity (Wildman–Crippen MR) is 83.5 cm³/mol. The van der Waals surface area contributed by atoms with Crippen LogP contribution in [0.3, 0.4) is 0 Å². The van der Waals surface area contributed by atoms with Gasteiger partial charge in [-0.2, -0.15) is 0 Å². The van der Waals surface area contributed by atoms with Crippen molar-refractivity contribution >= 4 is 17.5 Å². The van der Waals surface area contributed by atoms with Gasteiger partial charge >= 0.3 is 0 Å². The lowest BCUT2D eigenvalue weighted by Crippen LogP contribution is -2.26. The van der Waals surface area contributed by atoms with Crippen molar-refractivity contribution in [1.29, 1.82) is 0 Å². The van der Waals surface area contributed by atoms with E-state index < -0.39 is 0 Å². The molecule has 7 heteroatoms. The van der Waals surface area contributed by atoms with Gasteiger partial charge in [-0.1, -0.05) is 0 Å². The maximum Gasteiger partial charge on any atom is 0.270 e. The van der Waals surface area contributed by atoms with Crippen LogP contribution >= 0.6 is 0 Å². The Hall–Kier alpha value is -2.96. The lowest BCUT2D eigenvalue weighted by molar-refractivity contribution is 0.0946. The van der Waals surface area contributed by atoms with Crippen LogP contribution in [0.5, 0.6) is 5.88 Å². The van der Waals surface area contributed by atoms with Crippen molar-refractivity contribution in [2.24, 2.45) is 0 Å². The van der Waals surface area contributed by atoms with Crippen molar-refractivity contribution in [1.82, 2.24) is 15.3 Å². The Labute approximate surface area is 133 Å². The van der Waals surface area contributed by atoms with E-state index in [1.165, 1.54) is 25.6 Å². The summed E-state index contributed by atoms with van der Waals surface area (Å²) in [6, 6.07) is 6.61. The Morgan fingerprint density at radius 3 is 2.65 bits per heavy atom. The molecule has 2 N–H and O–H groups in total. The van der Waals surface area contributed by atoms with E-state index in [0.717, 1.165) is 12.8 Å². The third kappa shape index (κ3) is 3.82. The molecule has 1 fully saturated rings. The molecule has 0 saturated heterocycles. The lowest BCUT2D eigenvalue weighted by atomic mass is 10.2. The van der Waals surface area contributed by atoms with Crippen molar-refractivity contribution in [2.75, 3.05) is 12.4 Å². The van der Waals surface area contributed by atoms with E-state index in [9.17, 15) is 9.59 Å². The number of carbonyl (C=O) groups excluding carboxylic acids is 2. The molecule has 1 aliphatic rings. The molecule has 1 saturated carbocycles. The molecule has 2 aromatic heterocycles. The van der Waals surface area contributed by atoms with Crippen LogP contribution in [-0.2, 0) is 0 Å². The van der Waals surface area contributed by atoms with Gasteiger partial charge in [-0.15, -0.1) is 0 Å². The standard InChI is InChI=1S/C16H16N4O3/c1-23-14-5-4-12(9-18-14)20-15(21)10-6-7-17-13(8-10)16(22)19-11-2-3-11/h4-9,11H,2-3H2,1H3,(H,19,22)(H,20,21). The van der Waals surface area contributed by atoms with Crippen molar-refractivity contribution in [2.45, 2.75) is 18.9 Å². The van der Waals surface area contributed by atoms with Crippen molar-refractivity contribution < 1.29 is 14.3 Å². The molecule has 2 heterocycles. The summed E-state index contributed by atoms with van der Waals surface area (Å²) in [5.41, 5.74) is 1.13. The molecule has 0 bridgehead atoms. The van der Waals surface area contributed by atoms with Gasteiger partial charge in [0.2, 0.25) is 5.88 Å². The number of amides is 2. The van der Waals surface area contributed by atoms with Gasteiger partial charge in [0, 0.05) is 23.9 Å². The molecule has 0 spiro atoms. The molecule has 3 rings (SSSR count). The number of hydrogen-bond acceptors (Lipinski definition) is 5. The molecule has 1 aliphatic carbocycles. The molecule has 23 heavy (non-hydrogen) atoms. The van der Waals surface area contributed by atoms with E-state index in [1.807, 2.05) is 0 Å². The van der Waals surface area contributed by atoms with E-state index in [-0.39, 0.29) is 23.6 Å². The Morgan fingerprint density at radius 2 is 2.00 bits per heavy atom. The second-order valence-corrected chi connectivity index (χ2v) is 5.22. The first-order chi connectivity index (χ1) is 11.2. The number of carbonyl (C=O) groups is 2. The van der Waals surface area contributed by atoms with Gasteiger partial charge in [-0.25, -0.2) is 4.98 Å². The number of hydrogen-bond donors (Lipinski definition) is 2. The number of rotatable bonds is 5. The van der Waals surface area contributed by atoms with Crippen LogP contribution in [0, 0.1) is 0 Å². The lowest BCUT2D eigenvalue weighted by Gasteiger charge is -2.07. The van der Waals surface area contributed by atoms with Crippen molar-refractivity contribution in [3.05, 3.63) is 47.9 Å². The monoisotopic (exact) mass is 312 g/mol. The highest BCUT2D eigenvalue weighted by atomic mass is 16.5. The predicted octanol–water partition coefficient (Wildman–Crippen LogP) is 1.63. The fourth-order valence-corrected chi connectivity index (χ4v) is 1.96. The van der Waals surface area contributed by atoms with Gasteiger partial charge in [0.05, 0.1) is 19.0 Å². The molecule has 0 aromatic carbocycles. The normalized spacial score (nSPS) is 13.3. The fraction of sp³-hybridized carbons (Fsp3) is 0.250. The first-order valence-electron chi connectivity index (χ1n) is 7.24. The quantitative estimate of drug-likeness (QED) is 0.875. The SMILES string of the molecule is COc1ccc(NC(=O)c2ccnc(C(=O)NC3CC3)c2)cn1. The number of methoxy groups -OCH3 is 1. The molecule has 0 unspecified atom stereocenters. The third-order valence-electron chi connectivity index (χ3n) is 3.37. The first kappa shape index (κ1) is 15.0. The van der Waals surface area contributed by atoms with Crippen LogP contribution in [0.4, 0.5) is 5.69 Å². The summed E-state index contributed by atoms with van der Waals surface area (Å²) in [5, 5.41) is 5.55.